The number of piperazine rings is 1. The second-order valence-electron chi connectivity index (χ2n) is 5.48. The Bertz CT molecular complexity index is 383. The zero-order valence-corrected chi connectivity index (χ0v) is 12.2. The van der Waals surface area contributed by atoms with E-state index >= 15 is 0 Å². The average molecular weight is 263 g/mol. The lowest BCUT2D eigenvalue weighted by molar-refractivity contribution is 0.169. The van der Waals surface area contributed by atoms with E-state index in [4.69, 9.17) is 0 Å². The van der Waals surface area contributed by atoms with Crippen molar-refractivity contribution in [1.82, 2.24) is 9.88 Å². The number of aliphatic hydroxyl groups excluding tert-OH is 1. The molecule has 0 bridgehead atoms. The summed E-state index contributed by atoms with van der Waals surface area (Å²) in [4.78, 5) is 9.24. The van der Waals surface area contributed by atoms with Gasteiger partial charge in [0.2, 0.25) is 0 Å². The number of aliphatic hydroxyl groups is 1. The van der Waals surface area contributed by atoms with Crippen LogP contribution < -0.4 is 4.90 Å². The first-order valence-electron chi connectivity index (χ1n) is 7.24. The zero-order chi connectivity index (χ0) is 13.8. The first kappa shape index (κ1) is 14.3. The molecule has 1 fully saturated rings. The molecule has 0 amide bonds. The molecule has 1 N–H and O–H groups in total. The first-order chi connectivity index (χ1) is 9.11. The number of aromatic nitrogens is 1. The summed E-state index contributed by atoms with van der Waals surface area (Å²) in [5, 5.41) is 9.74. The maximum absolute atomic E-state index is 9.74. The summed E-state index contributed by atoms with van der Waals surface area (Å²) in [5.74, 6) is 0. The summed E-state index contributed by atoms with van der Waals surface area (Å²) in [6.07, 6.45) is 2.16. The number of anilines is 1. The van der Waals surface area contributed by atoms with Crippen LogP contribution in [-0.2, 0) is 0 Å². The zero-order valence-electron chi connectivity index (χ0n) is 12.2. The van der Waals surface area contributed by atoms with Crippen molar-refractivity contribution in [1.29, 1.82) is 0 Å². The molecule has 19 heavy (non-hydrogen) atoms. The second kappa shape index (κ2) is 6.35. The standard InChI is InChI=1S/C15H25N3O/c1-4-15(19)14-6-5-13(11-16-14)18-9-7-17(8-10-18)12(2)3/h5-6,11-12,15,19H,4,7-10H2,1-3H3. The van der Waals surface area contributed by atoms with E-state index in [9.17, 15) is 5.11 Å². The lowest BCUT2D eigenvalue weighted by Gasteiger charge is -2.38. The highest BCUT2D eigenvalue weighted by molar-refractivity contribution is 5.45. The molecule has 1 aliphatic heterocycles. The van der Waals surface area contributed by atoms with Crippen molar-refractivity contribution in [3.05, 3.63) is 24.0 Å². The minimum atomic E-state index is -0.438. The molecule has 2 rings (SSSR count). The Hall–Kier alpha value is -1.13. The highest BCUT2D eigenvalue weighted by Gasteiger charge is 2.19. The van der Waals surface area contributed by atoms with Gasteiger partial charge in [0.05, 0.1) is 23.7 Å². The third kappa shape index (κ3) is 3.45. The Morgan fingerprint density at radius 2 is 1.89 bits per heavy atom. The van der Waals surface area contributed by atoms with Gasteiger partial charge in [0.25, 0.3) is 0 Å². The third-order valence-corrected chi connectivity index (χ3v) is 3.91. The molecule has 0 saturated carbocycles. The molecular weight excluding hydrogens is 238 g/mol. The molecule has 4 nitrogen and oxygen atoms in total. The summed E-state index contributed by atoms with van der Waals surface area (Å²) in [5.41, 5.74) is 1.93. The van der Waals surface area contributed by atoms with Crippen LogP contribution in [0.25, 0.3) is 0 Å². The molecule has 0 aliphatic carbocycles. The van der Waals surface area contributed by atoms with Crippen LogP contribution in [0.5, 0.6) is 0 Å². The minimum absolute atomic E-state index is 0.438. The molecule has 0 radical (unpaired) electrons. The average Bonchev–Trinajstić information content (AvgIpc) is 2.46. The Kier molecular flexibility index (Phi) is 4.77. The van der Waals surface area contributed by atoms with Gasteiger partial charge in [-0.1, -0.05) is 6.92 Å². The number of nitrogens with zero attached hydrogens (tertiary/aromatic N) is 3. The minimum Gasteiger partial charge on any atom is -0.387 e. The van der Waals surface area contributed by atoms with Crippen molar-refractivity contribution in [2.24, 2.45) is 0 Å². The molecule has 1 aliphatic rings. The number of hydrogen-bond acceptors (Lipinski definition) is 4. The lowest BCUT2D eigenvalue weighted by atomic mass is 10.1. The van der Waals surface area contributed by atoms with Crippen molar-refractivity contribution in [3.8, 4) is 0 Å². The topological polar surface area (TPSA) is 39.6 Å². The first-order valence-corrected chi connectivity index (χ1v) is 7.24. The normalized spacial score (nSPS) is 18.9. The van der Waals surface area contributed by atoms with Crippen LogP contribution in [-0.4, -0.2) is 47.2 Å². The predicted octanol–water partition coefficient (Wildman–Crippen LogP) is 2.06. The van der Waals surface area contributed by atoms with Crippen molar-refractivity contribution in [3.63, 3.8) is 0 Å². The lowest BCUT2D eigenvalue weighted by Crippen LogP contribution is -2.48. The molecule has 106 valence electrons. The van der Waals surface area contributed by atoms with Gasteiger partial charge in [-0.2, -0.15) is 0 Å². The van der Waals surface area contributed by atoms with E-state index in [-0.39, 0.29) is 0 Å². The number of hydrogen-bond donors (Lipinski definition) is 1. The fourth-order valence-corrected chi connectivity index (χ4v) is 2.49. The van der Waals surface area contributed by atoms with Crippen LogP contribution in [0.15, 0.2) is 18.3 Å². The Balaban J connectivity index is 1.96. The quantitative estimate of drug-likeness (QED) is 0.902. The van der Waals surface area contributed by atoms with Gasteiger partial charge in [0, 0.05) is 32.2 Å². The molecule has 1 saturated heterocycles. The van der Waals surface area contributed by atoms with E-state index in [0.717, 1.165) is 37.6 Å². The number of rotatable bonds is 4. The van der Waals surface area contributed by atoms with E-state index < -0.39 is 6.10 Å². The van der Waals surface area contributed by atoms with E-state index in [1.54, 1.807) is 0 Å². The SMILES string of the molecule is CCC(O)c1ccc(N2CCN(C(C)C)CC2)cn1. The van der Waals surface area contributed by atoms with Gasteiger partial charge in [-0.05, 0) is 32.4 Å². The van der Waals surface area contributed by atoms with Crippen LogP contribution in [0.1, 0.15) is 39.0 Å². The summed E-state index contributed by atoms with van der Waals surface area (Å²) < 4.78 is 0. The van der Waals surface area contributed by atoms with E-state index in [0.29, 0.717) is 12.5 Å². The molecule has 0 aromatic carbocycles. The summed E-state index contributed by atoms with van der Waals surface area (Å²) in [6.45, 7) is 10.8. The summed E-state index contributed by atoms with van der Waals surface area (Å²) >= 11 is 0. The smallest absolute Gasteiger partial charge is 0.0957 e. The highest BCUT2D eigenvalue weighted by atomic mass is 16.3. The van der Waals surface area contributed by atoms with E-state index in [1.807, 2.05) is 19.2 Å². The molecule has 1 aromatic heterocycles. The predicted molar refractivity (Wildman–Crippen MR) is 78.4 cm³/mol. The van der Waals surface area contributed by atoms with Gasteiger partial charge in [0.15, 0.2) is 0 Å². The second-order valence-corrected chi connectivity index (χ2v) is 5.48. The summed E-state index contributed by atoms with van der Waals surface area (Å²) in [6, 6.07) is 4.65. The third-order valence-electron chi connectivity index (χ3n) is 3.91. The number of pyridine rings is 1. The largest absolute Gasteiger partial charge is 0.387 e. The van der Waals surface area contributed by atoms with Crippen LogP contribution >= 0.6 is 0 Å². The van der Waals surface area contributed by atoms with Gasteiger partial charge in [-0.25, -0.2) is 0 Å². The Morgan fingerprint density at radius 3 is 2.37 bits per heavy atom. The fourth-order valence-electron chi connectivity index (χ4n) is 2.49. The molecule has 2 heterocycles. The molecule has 1 atom stereocenters. The van der Waals surface area contributed by atoms with Crippen molar-refractivity contribution < 1.29 is 5.11 Å². The van der Waals surface area contributed by atoms with Crippen molar-refractivity contribution in [2.45, 2.75) is 39.3 Å². The van der Waals surface area contributed by atoms with Crippen molar-refractivity contribution in [2.75, 3.05) is 31.1 Å². The summed E-state index contributed by atoms with van der Waals surface area (Å²) in [7, 11) is 0. The molecule has 1 unspecified atom stereocenters. The van der Waals surface area contributed by atoms with Gasteiger partial charge in [0.1, 0.15) is 0 Å². The maximum Gasteiger partial charge on any atom is 0.0957 e. The van der Waals surface area contributed by atoms with Crippen LogP contribution in [0, 0.1) is 0 Å². The van der Waals surface area contributed by atoms with Crippen LogP contribution in [0.4, 0.5) is 5.69 Å². The van der Waals surface area contributed by atoms with Gasteiger partial charge < -0.3 is 10.0 Å². The maximum atomic E-state index is 9.74. The van der Waals surface area contributed by atoms with Gasteiger partial charge in [-0.15, -0.1) is 0 Å². The Morgan fingerprint density at radius 1 is 1.21 bits per heavy atom. The van der Waals surface area contributed by atoms with E-state index in [1.165, 1.54) is 0 Å². The van der Waals surface area contributed by atoms with E-state index in [2.05, 4.69) is 34.7 Å². The molecule has 4 heteroatoms. The fraction of sp³-hybridized carbons (Fsp3) is 0.667. The molecule has 1 aromatic rings. The van der Waals surface area contributed by atoms with Crippen LogP contribution in [0.3, 0.4) is 0 Å². The monoisotopic (exact) mass is 263 g/mol. The van der Waals surface area contributed by atoms with Crippen molar-refractivity contribution >= 4 is 5.69 Å². The highest BCUT2D eigenvalue weighted by Crippen LogP contribution is 2.19. The van der Waals surface area contributed by atoms with Gasteiger partial charge >= 0.3 is 0 Å². The van der Waals surface area contributed by atoms with Gasteiger partial charge in [-0.3, -0.25) is 9.88 Å². The van der Waals surface area contributed by atoms with Crippen LogP contribution in [0.2, 0.25) is 0 Å². The Labute approximate surface area is 116 Å². The molecular formula is C15H25N3O. The molecule has 0 spiro atoms.